The van der Waals surface area contributed by atoms with Gasteiger partial charge >= 0.3 is 19.2 Å². The number of nitrogen functional groups attached to an aromatic ring is 1. The average Bonchev–Trinajstić information content (AvgIpc) is 2.83. The summed E-state index contributed by atoms with van der Waals surface area (Å²) in [6.45, 7) is 13.3. The van der Waals surface area contributed by atoms with E-state index in [1.807, 2.05) is 27.7 Å². The Labute approximate surface area is 184 Å². The number of anilines is 1. The monoisotopic (exact) mass is 432 g/mol. The molecule has 0 spiro atoms. The summed E-state index contributed by atoms with van der Waals surface area (Å²) in [5.41, 5.74) is 6.25. The topological polar surface area (TPSA) is 109 Å². The number of methoxy groups -OCH3 is 1. The Balaban J connectivity index is 2.37. The van der Waals surface area contributed by atoms with Crippen LogP contribution in [-0.2, 0) is 18.8 Å². The highest BCUT2D eigenvalue weighted by atomic mass is 16.7. The zero-order valence-corrected chi connectivity index (χ0v) is 19.6. The van der Waals surface area contributed by atoms with Gasteiger partial charge in [-0.1, -0.05) is 6.08 Å². The zero-order chi connectivity index (χ0) is 23.6. The lowest BCUT2D eigenvalue weighted by atomic mass is 9.77. The van der Waals surface area contributed by atoms with Crippen LogP contribution in [0.2, 0.25) is 0 Å². The van der Waals surface area contributed by atoms with Crippen LogP contribution in [0.1, 0.15) is 64.4 Å². The van der Waals surface area contributed by atoms with E-state index in [1.54, 1.807) is 39.0 Å². The number of amides is 1. The highest BCUT2D eigenvalue weighted by molar-refractivity contribution is 6.56. The third-order valence-corrected chi connectivity index (χ3v) is 5.14. The lowest BCUT2D eigenvalue weighted by Crippen LogP contribution is -2.41. The molecule has 1 aromatic carbocycles. The molecule has 0 unspecified atom stereocenters. The van der Waals surface area contributed by atoms with Gasteiger partial charge in [0.1, 0.15) is 5.60 Å². The lowest BCUT2D eigenvalue weighted by molar-refractivity contribution is 0.00578. The third kappa shape index (κ3) is 6.48. The molecule has 9 heteroatoms. The van der Waals surface area contributed by atoms with Gasteiger partial charge in [-0.15, -0.1) is 0 Å². The Morgan fingerprint density at radius 2 is 1.71 bits per heavy atom. The predicted molar refractivity (Wildman–Crippen MR) is 120 cm³/mol. The molecule has 1 aromatic rings. The van der Waals surface area contributed by atoms with Crippen molar-refractivity contribution in [2.75, 3.05) is 19.4 Å². The molecular weight excluding hydrogens is 399 g/mol. The molecule has 170 valence electrons. The molecule has 1 heterocycles. The smallest absolute Gasteiger partial charge is 0.465 e. The van der Waals surface area contributed by atoms with E-state index in [0.29, 0.717) is 22.3 Å². The Bertz CT molecular complexity index is 857. The van der Waals surface area contributed by atoms with Crippen molar-refractivity contribution in [3.8, 4) is 0 Å². The van der Waals surface area contributed by atoms with E-state index in [9.17, 15) is 9.59 Å². The van der Waals surface area contributed by atoms with E-state index in [4.69, 9.17) is 24.5 Å². The number of hydrogen-bond acceptors (Lipinski definition) is 7. The zero-order valence-electron chi connectivity index (χ0n) is 19.6. The van der Waals surface area contributed by atoms with Crippen molar-refractivity contribution in [1.82, 2.24) is 5.32 Å². The number of esters is 1. The van der Waals surface area contributed by atoms with Gasteiger partial charge in [-0.2, -0.15) is 0 Å². The predicted octanol–water partition coefficient (Wildman–Crippen LogP) is 3.59. The summed E-state index contributed by atoms with van der Waals surface area (Å²) in [5.74, 6) is -0.494. The largest absolute Gasteiger partial charge is 0.492 e. The molecule has 1 aliphatic heterocycles. The second-order valence-electron chi connectivity index (χ2n) is 9.54. The van der Waals surface area contributed by atoms with E-state index in [2.05, 4.69) is 5.32 Å². The van der Waals surface area contributed by atoms with Crippen LogP contribution in [0.25, 0.3) is 6.08 Å². The van der Waals surface area contributed by atoms with Crippen LogP contribution in [0.3, 0.4) is 0 Å². The third-order valence-electron chi connectivity index (χ3n) is 5.14. The molecular formula is C22H33BN2O6. The highest BCUT2D eigenvalue weighted by Crippen LogP contribution is 2.38. The molecule has 3 N–H and O–H groups in total. The molecule has 1 saturated heterocycles. The number of alkyl carbamates (subject to hydrolysis) is 1. The van der Waals surface area contributed by atoms with E-state index in [-0.39, 0.29) is 6.54 Å². The van der Waals surface area contributed by atoms with Crippen molar-refractivity contribution in [2.45, 2.75) is 65.3 Å². The van der Waals surface area contributed by atoms with Gasteiger partial charge < -0.3 is 29.8 Å². The standard InChI is InChI=1S/C22H33BN2O6/c1-20(2,3)29-19(27)25-13-16(23-30-21(4,5)22(6,7)31-23)10-14-9-15(18(26)28-8)12-17(24)11-14/h9-12H,13,24H2,1-8H3,(H,25,27). The number of carbonyl (C=O) groups excluding carboxylic acids is 2. The molecule has 2 rings (SSSR count). The van der Waals surface area contributed by atoms with Crippen LogP contribution >= 0.6 is 0 Å². The molecule has 1 aliphatic rings. The highest BCUT2D eigenvalue weighted by Gasteiger charge is 2.52. The number of rotatable bonds is 5. The second-order valence-corrected chi connectivity index (χ2v) is 9.54. The summed E-state index contributed by atoms with van der Waals surface area (Å²) in [5, 5.41) is 2.74. The molecule has 0 saturated carbocycles. The number of carbonyl (C=O) groups is 2. The summed E-state index contributed by atoms with van der Waals surface area (Å²) < 4.78 is 22.4. The van der Waals surface area contributed by atoms with Crippen molar-refractivity contribution >= 4 is 30.9 Å². The summed E-state index contributed by atoms with van der Waals surface area (Å²) in [4.78, 5) is 24.2. The van der Waals surface area contributed by atoms with Gasteiger partial charge in [0.15, 0.2) is 0 Å². The maximum absolute atomic E-state index is 12.2. The van der Waals surface area contributed by atoms with Crippen LogP contribution in [0, 0.1) is 0 Å². The molecule has 1 amide bonds. The SMILES string of the molecule is COC(=O)c1cc(N)cc(C=C(CNC(=O)OC(C)(C)C)B2OC(C)(C)C(C)(C)O2)c1. The summed E-state index contributed by atoms with van der Waals surface area (Å²) >= 11 is 0. The van der Waals surface area contributed by atoms with Crippen LogP contribution in [0.5, 0.6) is 0 Å². The Morgan fingerprint density at radius 3 is 2.23 bits per heavy atom. The van der Waals surface area contributed by atoms with Crippen molar-refractivity contribution in [3.05, 3.63) is 34.8 Å². The second kappa shape index (κ2) is 8.92. The number of hydrogen-bond donors (Lipinski definition) is 2. The first-order chi connectivity index (χ1) is 14.1. The van der Waals surface area contributed by atoms with Crippen molar-refractivity contribution in [1.29, 1.82) is 0 Å². The first-order valence-corrected chi connectivity index (χ1v) is 10.2. The van der Waals surface area contributed by atoms with Crippen LogP contribution in [0.4, 0.5) is 10.5 Å². The first kappa shape index (κ1) is 24.8. The van der Waals surface area contributed by atoms with Crippen LogP contribution in [0.15, 0.2) is 23.7 Å². The van der Waals surface area contributed by atoms with Gasteiger partial charge in [-0.3, -0.25) is 0 Å². The fraction of sp³-hybridized carbons (Fsp3) is 0.545. The Hall–Kier alpha value is -2.52. The quantitative estimate of drug-likeness (QED) is 0.416. The van der Waals surface area contributed by atoms with Crippen molar-refractivity contribution in [2.24, 2.45) is 0 Å². The molecule has 0 aliphatic carbocycles. The fourth-order valence-corrected chi connectivity index (χ4v) is 2.89. The minimum absolute atomic E-state index is 0.119. The minimum Gasteiger partial charge on any atom is -0.465 e. The maximum Gasteiger partial charge on any atom is 0.492 e. The Morgan fingerprint density at radius 1 is 1.13 bits per heavy atom. The molecule has 0 radical (unpaired) electrons. The average molecular weight is 432 g/mol. The number of ether oxygens (including phenoxy) is 2. The van der Waals surface area contributed by atoms with E-state index >= 15 is 0 Å². The van der Waals surface area contributed by atoms with E-state index in [0.717, 1.165) is 0 Å². The molecule has 1 fully saturated rings. The van der Waals surface area contributed by atoms with Gasteiger partial charge in [0, 0.05) is 12.2 Å². The molecule has 0 bridgehead atoms. The number of nitrogens with two attached hydrogens (primary N) is 1. The molecule has 31 heavy (non-hydrogen) atoms. The van der Waals surface area contributed by atoms with Gasteiger partial charge in [0.25, 0.3) is 0 Å². The summed E-state index contributed by atoms with van der Waals surface area (Å²) in [7, 11) is 0.602. The lowest BCUT2D eigenvalue weighted by Gasteiger charge is -2.32. The molecule has 8 nitrogen and oxygen atoms in total. The van der Waals surface area contributed by atoms with Gasteiger partial charge in [0.05, 0.1) is 23.9 Å². The van der Waals surface area contributed by atoms with Gasteiger partial charge in [-0.25, -0.2) is 9.59 Å². The van der Waals surface area contributed by atoms with Crippen LogP contribution < -0.4 is 11.1 Å². The summed E-state index contributed by atoms with van der Waals surface area (Å²) in [6, 6.07) is 4.91. The van der Waals surface area contributed by atoms with Crippen molar-refractivity contribution in [3.63, 3.8) is 0 Å². The minimum atomic E-state index is -0.706. The van der Waals surface area contributed by atoms with Crippen molar-refractivity contribution < 1.29 is 28.4 Å². The number of nitrogens with one attached hydrogen (secondary N) is 1. The first-order valence-electron chi connectivity index (χ1n) is 10.2. The van der Waals surface area contributed by atoms with E-state index < -0.39 is 36.0 Å². The van der Waals surface area contributed by atoms with Gasteiger partial charge in [0.2, 0.25) is 0 Å². The normalized spacial score (nSPS) is 17.9. The number of benzene rings is 1. The Kier molecular flexibility index (Phi) is 7.12. The maximum atomic E-state index is 12.2. The van der Waals surface area contributed by atoms with Gasteiger partial charge in [-0.05, 0) is 77.7 Å². The molecule has 0 atom stereocenters. The summed E-state index contributed by atoms with van der Waals surface area (Å²) in [6.07, 6.45) is 1.22. The van der Waals surface area contributed by atoms with Crippen LogP contribution in [-0.4, -0.2) is 49.6 Å². The molecule has 0 aromatic heterocycles. The fourth-order valence-electron chi connectivity index (χ4n) is 2.89. The van der Waals surface area contributed by atoms with E-state index in [1.165, 1.54) is 13.2 Å².